The molecule has 0 aromatic carbocycles. The van der Waals surface area contributed by atoms with Crippen molar-refractivity contribution in [2.24, 2.45) is 0 Å². The Labute approximate surface area is 104 Å². The van der Waals surface area contributed by atoms with Gasteiger partial charge in [0.15, 0.2) is 5.79 Å². The molecule has 0 amide bonds. The third kappa shape index (κ3) is 3.28. The average molecular weight is 271 g/mol. The van der Waals surface area contributed by atoms with Gasteiger partial charge in [-0.1, -0.05) is 11.6 Å². The minimum atomic E-state index is -3.04. The van der Waals surface area contributed by atoms with E-state index in [1.807, 2.05) is 0 Å². The summed E-state index contributed by atoms with van der Waals surface area (Å²) in [5.74, 6) is -2.27. The first kappa shape index (κ1) is 14.6. The lowest BCUT2D eigenvalue weighted by Crippen LogP contribution is -2.49. The number of hydrogen-bond acceptors (Lipinski definition) is 5. The summed E-state index contributed by atoms with van der Waals surface area (Å²) in [5, 5.41) is 6.66. The van der Waals surface area contributed by atoms with Crippen LogP contribution in [-0.4, -0.2) is 47.4 Å². The standard InChI is InChI=1S/C10H16ClFO5/c1-4-15-8(14)10(11,12)7(13)6-5-16-9(2,3)17-6/h6-7,13H,4-5H2,1-3H3/t6-,7-,10-/m1/s1. The molecule has 0 aromatic heterocycles. The molecule has 7 heteroatoms. The lowest BCUT2D eigenvalue weighted by atomic mass is 10.1. The Kier molecular flexibility index (Phi) is 4.35. The van der Waals surface area contributed by atoms with Gasteiger partial charge in [0, 0.05) is 0 Å². The first-order chi connectivity index (χ1) is 7.70. The van der Waals surface area contributed by atoms with E-state index < -0.39 is 29.1 Å². The van der Waals surface area contributed by atoms with Gasteiger partial charge in [-0.05, 0) is 20.8 Å². The average Bonchev–Trinajstić information content (AvgIpc) is 2.58. The van der Waals surface area contributed by atoms with Crippen LogP contribution < -0.4 is 0 Å². The zero-order valence-corrected chi connectivity index (χ0v) is 10.7. The van der Waals surface area contributed by atoms with Crippen molar-refractivity contribution in [1.29, 1.82) is 0 Å². The van der Waals surface area contributed by atoms with Gasteiger partial charge in [-0.3, -0.25) is 0 Å². The van der Waals surface area contributed by atoms with Crippen LogP contribution in [0.4, 0.5) is 4.39 Å². The van der Waals surface area contributed by atoms with Gasteiger partial charge in [0.25, 0.3) is 0 Å². The van der Waals surface area contributed by atoms with Crippen LogP contribution in [0.3, 0.4) is 0 Å². The van der Waals surface area contributed by atoms with Gasteiger partial charge >= 0.3 is 11.1 Å². The number of aliphatic hydroxyl groups excluding tert-OH is 1. The van der Waals surface area contributed by atoms with Crippen LogP contribution in [0.1, 0.15) is 20.8 Å². The summed E-state index contributed by atoms with van der Waals surface area (Å²) in [6.45, 7) is 4.65. The molecule has 0 unspecified atom stereocenters. The van der Waals surface area contributed by atoms with E-state index in [2.05, 4.69) is 4.74 Å². The van der Waals surface area contributed by atoms with Crippen LogP contribution in [0.25, 0.3) is 0 Å². The summed E-state index contributed by atoms with van der Waals surface area (Å²) in [4.78, 5) is 11.2. The van der Waals surface area contributed by atoms with Crippen LogP contribution >= 0.6 is 11.6 Å². The van der Waals surface area contributed by atoms with Crippen molar-refractivity contribution in [2.45, 2.75) is 43.9 Å². The lowest BCUT2D eigenvalue weighted by molar-refractivity contribution is -0.174. The molecule has 1 aliphatic heterocycles. The topological polar surface area (TPSA) is 65.0 Å². The molecule has 3 atom stereocenters. The van der Waals surface area contributed by atoms with Gasteiger partial charge < -0.3 is 19.3 Å². The van der Waals surface area contributed by atoms with E-state index in [9.17, 15) is 14.3 Å². The molecule has 0 bridgehead atoms. The maximum atomic E-state index is 13.9. The van der Waals surface area contributed by atoms with Crippen molar-refractivity contribution in [3.63, 3.8) is 0 Å². The molecule has 5 nitrogen and oxygen atoms in total. The van der Waals surface area contributed by atoms with Gasteiger partial charge in [-0.2, -0.15) is 0 Å². The van der Waals surface area contributed by atoms with Gasteiger partial charge in [-0.25, -0.2) is 9.18 Å². The summed E-state index contributed by atoms with van der Waals surface area (Å²) in [6.07, 6.45) is -2.87. The highest BCUT2D eigenvalue weighted by atomic mass is 35.5. The normalized spacial score (nSPS) is 28.5. The highest BCUT2D eigenvalue weighted by Gasteiger charge is 2.52. The Balaban J connectivity index is 2.69. The molecule has 0 radical (unpaired) electrons. The number of carbonyl (C=O) groups excluding carboxylic acids is 1. The quantitative estimate of drug-likeness (QED) is 0.609. The molecule has 1 rings (SSSR count). The summed E-state index contributed by atoms with van der Waals surface area (Å²) >= 11 is 5.36. The van der Waals surface area contributed by atoms with E-state index in [1.54, 1.807) is 13.8 Å². The Morgan fingerprint density at radius 3 is 2.76 bits per heavy atom. The molecule has 100 valence electrons. The molecule has 17 heavy (non-hydrogen) atoms. The van der Waals surface area contributed by atoms with Crippen molar-refractivity contribution in [3.8, 4) is 0 Å². The van der Waals surface area contributed by atoms with Crippen molar-refractivity contribution in [3.05, 3.63) is 0 Å². The summed E-state index contributed by atoms with van der Waals surface area (Å²) < 4.78 is 28.7. The van der Waals surface area contributed by atoms with Gasteiger partial charge in [0.05, 0.1) is 13.2 Å². The molecule has 1 heterocycles. The molecule has 1 aliphatic rings. The lowest BCUT2D eigenvalue weighted by Gasteiger charge is -2.26. The zero-order valence-electron chi connectivity index (χ0n) is 9.91. The maximum Gasteiger partial charge on any atom is 0.362 e. The maximum absolute atomic E-state index is 13.9. The SMILES string of the molecule is CCOC(=O)[C@@](F)(Cl)[C@H](O)[C@H]1COC(C)(C)O1. The minimum absolute atomic E-state index is 0.0303. The molecule has 0 spiro atoms. The summed E-state index contributed by atoms with van der Waals surface area (Å²) in [5.41, 5.74) is 0. The van der Waals surface area contributed by atoms with Crippen molar-refractivity contribution >= 4 is 17.6 Å². The fourth-order valence-electron chi connectivity index (χ4n) is 1.45. The minimum Gasteiger partial charge on any atom is -0.463 e. The Morgan fingerprint density at radius 2 is 2.35 bits per heavy atom. The number of carbonyl (C=O) groups is 1. The van der Waals surface area contributed by atoms with Crippen molar-refractivity contribution < 1.29 is 28.5 Å². The molecular weight excluding hydrogens is 255 g/mol. The second kappa shape index (κ2) is 5.06. The highest BCUT2D eigenvalue weighted by Crippen LogP contribution is 2.33. The van der Waals surface area contributed by atoms with E-state index >= 15 is 0 Å². The molecule has 0 saturated carbocycles. The number of alkyl halides is 2. The summed E-state index contributed by atoms with van der Waals surface area (Å²) in [6, 6.07) is 0. The molecule has 0 aliphatic carbocycles. The molecule has 1 fully saturated rings. The predicted octanol–water partition coefficient (Wildman–Crippen LogP) is 0.966. The highest BCUT2D eigenvalue weighted by molar-refractivity contribution is 6.33. The first-order valence-corrected chi connectivity index (χ1v) is 5.63. The second-order valence-corrected chi connectivity index (χ2v) is 4.71. The molecule has 0 aromatic rings. The molecule has 1 saturated heterocycles. The van der Waals surface area contributed by atoms with E-state index in [0.29, 0.717) is 0 Å². The molecular formula is C10H16ClFO5. The van der Waals surface area contributed by atoms with E-state index in [4.69, 9.17) is 21.1 Å². The molecule has 1 N–H and O–H groups in total. The Morgan fingerprint density at radius 1 is 1.76 bits per heavy atom. The third-order valence-corrected chi connectivity index (χ3v) is 2.68. The third-order valence-electron chi connectivity index (χ3n) is 2.30. The van der Waals surface area contributed by atoms with Crippen LogP contribution in [0.5, 0.6) is 0 Å². The monoisotopic (exact) mass is 270 g/mol. The van der Waals surface area contributed by atoms with E-state index in [-0.39, 0.29) is 13.2 Å². The second-order valence-electron chi connectivity index (χ2n) is 4.16. The zero-order chi connectivity index (χ0) is 13.3. The van der Waals surface area contributed by atoms with Crippen molar-refractivity contribution in [1.82, 2.24) is 0 Å². The smallest absolute Gasteiger partial charge is 0.362 e. The van der Waals surface area contributed by atoms with Gasteiger partial charge in [0.2, 0.25) is 0 Å². The van der Waals surface area contributed by atoms with Crippen molar-refractivity contribution in [2.75, 3.05) is 13.2 Å². The van der Waals surface area contributed by atoms with E-state index in [1.165, 1.54) is 6.92 Å². The van der Waals surface area contributed by atoms with Crippen LogP contribution in [0.2, 0.25) is 0 Å². The van der Waals surface area contributed by atoms with Crippen LogP contribution in [0, 0.1) is 0 Å². The van der Waals surface area contributed by atoms with E-state index in [0.717, 1.165) is 0 Å². The van der Waals surface area contributed by atoms with Crippen LogP contribution in [0.15, 0.2) is 0 Å². The Bertz CT molecular complexity index is 294. The fraction of sp³-hybridized carbons (Fsp3) is 0.900. The number of esters is 1. The predicted molar refractivity (Wildman–Crippen MR) is 57.2 cm³/mol. The fourth-order valence-corrected chi connectivity index (χ4v) is 1.65. The number of ether oxygens (including phenoxy) is 3. The van der Waals surface area contributed by atoms with Gasteiger partial charge in [0.1, 0.15) is 12.2 Å². The van der Waals surface area contributed by atoms with Gasteiger partial charge in [-0.15, -0.1) is 0 Å². The summed E-state index contributed by atoms with van der Waals surface area (Å²) in [7, 11) is 0. The number of rotatable bonds is 4. The van der Waals surface area contributed by atoms with Crippen LogP contribution in [-0.2, 0) is 19.0 Å². The number of aliphatic hydroxyl groups is 1. The first-order valence-electron chi connectivity index (χ1n) is 5.25. The Hall–Kier alpha value is -0.430. The largest absolute Gasteiger partial charge is 0.463 e. The number of halogens is 2. The number of hydrogen-bond donors (Lipinski definition) is 1.